The summed E-state index contributed by atoms with van der Waals surface area (Å²) < 4.78 is 2.07. The number of nitrogens with one attached hydrogen (secondary N) is 1. The summed E-state index contributed by atoms with van der Waals surface area (Å²) in [7, 11) is 13.0. The molecule has 1 N–H and O–H groups in total. The number of amides is 1. The van der Waals surface area contributed by atoms with Crippen molar-refractivity contribution in [2.24, 2.45) is 0 Å². The van der Waals surface area contributed by atoms with Crippen molar-refractivity contribution in [3.8, 4) is 0 Å². The van der Waals surface area contributed by atoms with Gasteiger partial charge in [0.25, 0.3) is 0 Å². The molecule has 0 radical (unpaired) electrons. The average molecular weight is 828 g/mol. The summed E-state index contributed by atoms with van der Waals surface area (Å²) in [6.45, 7) is 9.96. The summed E-state index contributed by atoms with van der Waals surface area (Å²) in [5, 5.41) is 3.11. The van der Waals surface area contributed by atoms with Gasteiger partial charge in [0.1, 0.15) is 5.78 Å². The van der Waals surface area contributed by atoms with E-state index >= 15 is 0 Å². The average Bonchev–Trinajstić information content (AvgIpc) is 3.16. The zero-order valence-electron chi connectivity index (χ0n) is 39.0. The lowest BCUT2D eigenvalue weighted by atomic mass is 10.0. The first kappa shape index (κ1) is 55.8. The molecule has 0 unspecified atom stereocenters. The molecule has 0 aliphatic carbocycles. The van der Waals surface area contributed by atoms with Gasteiger partial charge in [0, 0.05) is 50.2 Å². The van der Waals surface area contributed by atoms with E-state index in [9.17, 15) is 9.59 Å². The lowest BCUT2D eigenvalue weighted by Gasteiger charge is -2.29. The highest BCUT2D eigenvalue weighted by Gasteiger charge is 2.16. The summed E-state index contributed by atoms with van der Waals surface area (Å²) in [6.07, 6.45) is 44.5. The molecule has 0 aromatic heterocycles. The molecular weight excluding hydrogens is 727 g/mol. The summed E-state index contributed by atoms with van der Waals surface area (Å²) in [4.78, 5) is 24.8. The fraction of sp³-hybridized carbons (Fsp3) is 0.959. The normalized spacial score (nSPS) is 12.1. The van der Waals surface area contributed by atoms with Gasteiger partial charge in [-0.25, -0.2) is 0 Å². The van der Waals surface area contributed by atoms with Crippen LogP contribution in [0.2, 0.25) is 0 Å². The van der Waals surface area contributed by atoms with E-state index in [-0.39, 0.29) is 5.91 Å². The first-order valence-electron chi connectivity index (χ1n) is 24.8. The molecule has 0 aromatic carbocycles. The summed E-state index contributed by atoms with van der Waals surface area (Å²) in [5.74, 6) is 2.56. The molecule has 0 heterocycles. The number of rotatable bonds is 46. The van der Waals surface area contributed by atoms with E-state index in [0.717, 1.165) is 65.8 Å². The smallest absolute Gasteiger partial charge is 0.220 e. The van der Waals surface area contributed by atoms with Crippen molar-refractivity contribution in [3.05, 3.63) is 0 Å². The number of Topliss-reactive ketones (excluding diaryl/α,β-unsaturated/α-hetero) is 1. The second-order valence-corrected chi connectivity index (χ2v) is 21.5. The Morgan fingerprint density at radius 2 is 0.679 bits per heavy atom. The highest BCUT2D eigenvalue weighted by molar-refractivity contribution is 8.76. The van der Waals surface area contributed by atoms with Crippen LogP contribution in [0.25, 0.3) is 0 Å². The Kier molecular flexibility index (Phi) is 41.3. The first-order chi connectivity index (χ1) is 27.1. The number of hydrogen-bond donors (Lipinski definition) is 1. The van der Waals surface area contributed by atoms with Gasteiger partial charge in [0.15, 0.2) is 0 Å². The van der Waals surface area contributed by atoms with Crippen molar-refractivity contribution in [3.63, 3.8) is 0 Å². The molecule has 0 aliphatic rings. The van der Waals surface area contributed by atoms with Gasteiger partial charge in [0.2, 0.25) is 5.91 Å². The van der Waals surface area contributed by atoms with Crippen molar-refractivity contribution in [1.29, 1.82) is 0 Å². The molecule has 1 amide bonds. The molecule has 0 saturated carbocycles. The van der Waals surface area contributed by atoms with Crippen molar-refractivity contribution in [1.82, 2.24) is 5.32 Å². The molecular formula is C49H101N3O2S2+2. The van der Waals surface area contributed by atoms with E-state index in [1.165, 1.54) is 193 Å². The SMILES string of the molecule is CCCCCCCCCCCCCCCC[N+](C)(C)CCCC(=O)CCCSSCCNC(=O)CCC[N+](C)(C)CCCCCCCCCCCCCCCC. The van der Waals surface area contributed by atoms with Crippen LogP contribution in [0, 0.1) is 0 Å². The Hall–Kier alpha value is -0.240. The summed E-state index contributed by atoms with van der Waals surface area (Å²) in [6, 6.07) is 0. The Morgan fingerprint density at radius 3 is 1.07 bits per heavy atom. The van der Waals surface area contributed by atoms with Gasteiger partial charge in [0.05, 0.1) is 54.4 Å². The molecule has 334 valence electrons. The number of nitrogens with zero attached hydrogens (tertiary/aromatic N) is 2. The third-order valence-corrected chi connectivity index (χ3v) is 14.4. The zero-order valence-corrected chi connectivity index (χ0v) is 40.7. The maximum atomic E-state index is 12.5. The molecule has 0 aromatic rings. The van der Waals surface area contributed by atoms with E-state index in [4.69, 9.17) is 0 Å². The van der Waals surface area contributed by atoms with Gasteiger partial charge in [-0.05, 0) is 32.1 Å². The van der Waals surface area contributed by atoms with E-state index < -0.39 is 0 Å². The molecule has 7 heteroatoms. The van der Waals surface area contributed by atoms with E-state index in [2.05, 4.69) is 47.4 Å². The van der Waals surface area contributed by atoms with Crippen LogP contribution in [0.4, 0.5) is 0 Å². The van der Waals surface area contributed by atoms with Crippen LogP contribution in [0.5, 0.6) is 0 Å². The number of hydrogen-bond acceptors (Lipinski definition) is 4. The van der Waals surface area contributed by atoms with Gasteiger partial charge in [-0.1, -0.05) is 190 Å². The Morgan fingerprint density at radius 1 is 0.375 bits per heavy atom. The molecule has 0 spiro atoms. The summed E-state index contributed by atoms with van der Waals surface area (Å²) in [5.41, 5.74) is 0. The van der Waals surface area contributed by atoms with Crippen LogP contribution in [-0.2, 0) is 9.59 Å². The maximum absolute atomic E-state index is 12.5. The maximum Gasteiger partial charge on any atom is 0.220 e. The predicted molar refractivity (Wildman–Crippen MR) is 255 cm³/mol. The largest absolute Gasteiger partial charge is 0.355 e. The minimum absolute atomic E-state index is 0.194. The highest BCUT2D eigenvalue weighted by Crippen LogP contribution is 2.22. The predicted octanol–water partition coefficient (Wildman–Crippen LogP) is 14.5. The minimum Gasteiger partial charge on any atom is -0.355 e. The lowest BCUT2D eigenvalue weighted by molar-refractivity contribution is -0.890. The number of ketones is 1. The van der Waals surface area contributed by atoms with E-state index in [0.29, 0.717) is 18.6 Å². The van der Waals surface area contributed by atoms with Crippen molar-refractivity contribution < 1.29 is 18.6 Å². The van der Waals surface area contributed by atoms with Crippen molar-refractivity contribution in [2.45, 2.75) is 232 Å². The van der Waals surface area contributed by atoms with Gasteiger partial charge < -0.3 is 14.3 Å². The molecule has 56 heavy (non-hydrogen) atoms. The number of carbonyl (C=O) groups excluding carboxylic acids is 2. The highest BCUT2D eigenvalue weighted by atomic mass is 33.1. The number of quaternary nitrogens is 2. The molecule has 0 bridgehead atoms. The van der Waals surface area contributed by atoms with Gasteiger partial charge in [-0.15, -0.1) is 0 Å². The number of carbonyl (C=O) groups is 2. The van der Waals surface area contributed by atoms with E-state index in [1.807, 2.05) is 21.6 Å². The van der Waals surface area contributed by atoms with Crippen LogP contribution < -0.4 is 5.32 Å². The quantitative estimate of drug-likeness (QED) is 0.0377. The molecule has 0 saturated heterocycles. The van der Waals surface area contributed by atoms with Gasteiger partial charge in [-0.2, -0.15) is 0 Å². The van der Waals surface area contributed by atoms with Crippen LogP contribution in [0.15, 0.2) is 0 Å². The zero-order chi connectivity index (χ0) is 41.3. The topological polar surface area (TPSA) is 46.2 Å². The Balaban J connectivity index is 3.55. The fourth-order valence-electron chi connectivity index (χ4n) is 7.96. The third-order valence-electron chi connectivity index (χ3n) is 11.9. The van der Waals surface area contributed by atoms with Crippen molar-refractivity contribution in [2.75, 3.05) is 72.4 Å². The third kappa shape index (κ3) is 43.3. The number of unbranched alkanes of at least 4 members (excludes halogenated alkanes) is 26. The molecule has 5 nitrogen and oxygen atoms in total. The van der Waals surface area contributed by atoms with Crippen LogP contribution in [-0.4, -0.2) is 93.1 Å². The van der Waals surface area contributed by atoms with Crippen molar-refractivity contribution >= 4 is 33.3 Å². The van der Waals surface area contributed by atoms with Gasteiger partial charge >= 0.3 is 0 Å². The van der Waals surface area contributed by atoms with Crippen LogP contribution in [0.1, 0.15) is 232 Å². The monoisotopic (exact) mass is 828 g/mol. The molecule has 0 fully saturated rings. The lowest BCUT2D eigenvalue weighted by Crippen LogP contribution is -2.41. The second kappa shape index (κ2) is 41.5. The molecule has 0 aliphatic heterocycles. The van der Waals surface area contributed by atoms with Gasteiger partial charge in [-0.3, -0.25) is 9.59 Å². The Bertz CT molecular complexity index is 785. The fourth-order valence-corrected chi connectivity index (χ4v) is 9.95. The standard InChI is InChI=1S/C49H100N3O2S2/c1-7-9-11-13-15-17-19-21-23-25-27-29-31-33-42-51(3,4)44-35-38-48(53)39-37-46-55-56-47-41-50-49(54)40-36-45-52(5,6)43-34-32-30-28-26-24-22-20-18-16-14-12-10-8-2/h7-47H2,1-6H3/q+1/p+1. The van der Waals surface area contributed by atoms with Crippen LogP contribution in [0.3, 0.4) is 0 Å². The second-order valence-electron chi connectivity index (χ2n) is 18.8. The molecule has 0 atom stereocenters. The first-order valence-corrected chi connectivity index (χ1v) is 27.3. The Labute approximate surface area is 360 Å². The van der Waals surface area contributed by atoms with Crippen LogP contribution >= 0.6 is 21.6 Å². The van der Waals surface area contributed by atoms with E-state index in [1.54, 1.807) is 0 Å². The minimum atomic E-state index is 0.194. The molecule has 0 rings (SSSR count). The summed E-state index contributed by atoms with van der Waals surface area (Å²) >= 11 is 0.